The highest BCUT2D eigenvalue weighted by atomic mass is 127. The smallest absolute Gasteiger partial charge is 0.315 e. The van der Waals surface area contributed by atoms with Gasteiger partial charge in [-0.2, -0.15) is 0 Å². The highest BCUT2D eigenvalue weighted by Gasteiger charge is 2.46. The fourth-order valence-electron chi connectivity index (χ4n) is 4.09. The standard InChI is InChI=1S/C22H26INO3/c1-12(2)27-21(26)18-13(3)24-16-10-22(4,5)11-17(25)20(16)19(18)14-6-8-15(23)9-7-14/h6-9,12,18-19H,10-11H2,1-5H3/t18?,19-/m0/s1. The molecule has 0 aromatic heterocycles. The van der Waals surface area contributed by atoms with E-state index in [0.717, 1.165) is 27.0 Å². The quantitative estimate of drug-likeness (QED) is 0.450. The number of ether oxygens (including phenoxy) is 1. The molecule has 0 amide bonds. The second-order valence-corrected chi connectivity index (χ2v) is 9.79. The van der Waals surface area contributed by atoms with Crippen molar-refractivity contribution in [2.75, 3.05) is 0 Å². The second kappa shape index (κ2) is 7.49. The third-order valence-corrected chi connectivity index (χ3v) is 5.86. The van der Waals surface area contributed by atoms with E-state index in [1.807, 2.05) is 45.0 Å². The number of allylic oxidation sites excluding steroid dienone is 2. The summed E-state index contributed by atoms with van der Waals surface area (Å²) < 4.78 is 6.65. The van der Waals surface area contributed by atoms with Crippen LogP contribution in [0.2, 0.25) is 0 Å². The number of halogens is 1. The number of ketones is 1. The molecule has 0 N–H and O–H groups in total. The Hall–Kier alpha value is -1.50. The molecule has 3 rings (SSSR count). The molecule has 1 aliphatic carbocycles. The predicted molar refractivity (Wildman–Crippen MR) is 115 cm³/mol. The van der Waals surface area contributed by atoms with E-state index in [0.29, 0.717) is 12.0 Å². The molecule has 144 valence electrons. The molecule has 0 bridgehead atoms. The molecule has 5 heteroatoms. The van der Waals surface area contributed by atoms with Gasteiger partial charge < -0.3 is 4.74 Å². The highest BCUT2D eigenvalue weighted by molar-refractivity contribution is 14.1. The SMILES string of the molecule is CC1=NC2=C(C(=O)CC(C)(C)C2)[C@@H](c2ccc(I)cc2)C1C(=O)OC(C)C. The Balaban J connectivity index is 2.14. The van der Waals surface area contributed by atoms with E-state index < -0.39 is 5.92 Å². The van der Waals surface area contributed by atoms with Gasteiger partial charge >= 0.3 is 5.97 Å². The van der Waals surface area contributed by atoms with Gasteiger partial charge in [0.05, 0.1) is 6.10 Å². The van der Waals surface area contributed by atoms with E-state index in [4.69, 9.17) is 9.73 Å². The van der Waals surface area contributed by atoms with Gasteiger partial charge in [0.25, 0.3) is 0 Å². The summed E-state index contributed by atoms with van der Waals surface area (Å²) in [4.78, 5) is 30.8. The lowest BCUT2D eigenvalue weighted by Crippen LogP contribution is -2.40. The van der Waals surface area contributed by atoms with Crippen molar-refractivity contribution in [3.63, 3.8) is 0 Å². The first kappa shape index (κ1) is 20.2. The molecule has 0 radical (unpaired) electrons. The van der Waals surface area contributed by atoms with Crippen LogP contribution in [0.15, 0.2) is 40.5 Å². The monoisotopic (exact) mass is 479 g/mol. The highest BCUT2D eigenvalue weighted by Crippen LogP contribution is 2.48. The molecule has 1 aromatic carbocycles. The van der Waals surface area contributed by atoms with E-state index in [9.17, 15) is 9.59 Å². The Morgan fingerprint density at radius 2 is 1.85 bits per heavy atom. The molecule has 1 aromatic rings. The zero-order valence-corrected chi connectivity index (χ0v) is 18.7. The van der Waals surface area contributed by atoms with Crippen molar-refractivity contribution in [3.05, 3.63) is 44.7 Å². The number of aliphatic imine (C=N–C) groups is 1. The summed E-state index contributed by atoms with van der Waals surface area (Å²) in [5.74, 6) is -1.09. The Morgan fingerprint density at radius 1 is 1.22 bits per heavy atom. The third-order valence-electron chi connectivity index (χ3n) is 5.14. The van der Waals surface area contributed by atoms with E-state index in [1.54, 1.807) is 0 Å². The van der Waals surface area contributed by atoms with Crippen molar-refractivity contribution < 1.29 is 14.3 Å². The van der Waals surface area contributed by atoms with Gasteiger partial charge in [-0.3, -0.25) is 14.6 Å². The minimum Gasteiger partial charge on any atom is -0.462 e. The van der Waals surface area contributed by atoms with Gasteiger partial charge in [-0.25, -0.2) is 0 Å². The first-order valence-electron chi connectivity index (χ1n) is 9.36. The molecule has 1 aliphatic heterocycles. The van der Waals surface area contributed by atoms with Gasteiger partial charge in [0.1, 0.15) is 5.92 Å². The van der Waals surface area contributed by atoms with E-state index in [-0.39, 0.29) is 29.2 Å². The average molecular weight is 479 g/mol. The predicted octanol–water partition coefficient (Wildman–Crippen LogP) is 5.06. The van der Waals surface area contributed by atoms with Crippen LogP contribution in [-0.4, -0.2) is 23.6 Å². The number of benzene rings is 1. The molecule has 2 atom stereocenters. The summed E-state index contributed by atoms with van der Waals surface area (Å²) in [6, 6.07) is 8.05. The fourth-order valence-corrected chi connectivity index (χ4v) is 4.45. The third kappa shape index (κ3) is 4.18. The van der Waals surface area contributed by atoms with Crippen LogP contribution in [0, 0.1) is 14.9 Å². The number of hydrogen-bond donors (Lipinski definition) is 0. The Labute approximate surface area is 174 Å². The number of carbonyl (C=O) groups excluding carboxylic acids is 2. The van der Waals surface area contributed by atoms with Crippen LogP contribution in [0.5, 0.6) is 0 Å². The van der Waals surface area contributed by atoms with Crippen molar-refractivity contribution >= 4 is 40.1 Å². The van der Waals surface area contributed by atoms with Gasteiger partial charge in [0, 0.05) is 32.9 Å². The zero-order chi connectivity index (χ0) is 19.9. The lowest BCUT2D eigenvalue weighted by molar-refractivity contribution is -0.150. The van der Waals surface area contributed by atoms with Gasteiger partial charge in [-0.05, 0) is 72.9 Å². The Morgan fingerprint density at radius 3 is 2.44 bits per heavy atom. The molecule has 2 aliphatic rings. The lowest BCUT2D eigenvalue weighted by Gasteiger charge is -2.39. The largest absolute Gasteiger partial charge is 0.462 e. The van der Waals surface area contributed by atoms with Crippen molar-refractivity contribution in [2.24, 2.45) is 16.3 Å². The van der Waals surface area contributed by atoms with Gasteiger partial charge in [0.15, 0.2) is 5.78 Å². The lowest BCUT2D eigenvalue weighted by atomic mass is 9.67. The summed E-state index contributed by atoms with van der Waals surface area (Å²) in [5, 5.41) is 0. The van der Waals surface area contributed by atoms with Crippen molar-refractivity contribution in [3.8, 4) is 0 Å². The van der Waals surface area contributed by atoms with E-state index in [1.165, 1.54) is 0 Å². The average Bonchev–Trinajstić information content (AvgIpc) is 2.52. The maximum Gasteiger partial charge on any atom is 0.315 e. The molecule has 27 heavy (non-hydrogen) atoms. The van der Waals surface area contributed by atoms with Crippen LogP contribution < -0.4 is 0 Å². The number of Topliss-reactive ketones (excluding diaryl/α,β-unsaturated/α-hetero) is 1. The molecule has 0 saturated heterocycles. The van der Waals surface area contributed by atoms with Gasteiger partial charge in [-0.15, -0.1) is 0 Å². The molecule has 1 heterocycles. The van der Waals surface area contributed by atoms with Gasteiger partial charge in [0.2, 0.25) is 0 Å². The molecule has 1 unspecified atom stereocenters. The van der Waals surface area contributed by atoms with Crippen LogP contribution >= 0.6 is 22.6 Å². The first-order chi connectivity index (χ1) is 12.6. The maximum absolute atomic E-state index is 13.1. The minimum absolute atomic E-state index is 0.100. The number of nitrogens with zero attached hydrogens (tertiary/aromatic N) is 1. The maximum atomic E-state index is 13.1. The van der Waals surface area contributed by atoms with Crippen LogP contribution in [0.25, 0.3) is 0 Å². The fraction of sp³-hybridized carbons (Fsp3) is 0.500. The van der Waals surface area contributed by atoms with E-state index in [2.05, 4.69) is 36.4 Å². The number of hydrogen-bond acceptors (Lipinski definition) is 4. The molecule has 4 nitrogen and oxygen atoms in total. The van der Waals surface area contributed by atoms with Crippen LogP contribution in [0.4, 0.5) is 0 Å². The summed E-state index contributed by atoms with van der Waals surface area (Å²) in [7, 11) is 0. The Kier molecular flexibility index (Phi) is 5.62. The summed E-state index contributed by atoms with van der Waals surface area (Å²) in [6.07, 6.45) is 1.02. The minimum atomic E-state index is -0.559. The van der Waals surface area contributed by atoms with Gasteiger partial charge in [-0.1, -0.05) is 26.0 Å². The zero-order valence-electron chi connectivity index (χ0n) is 16.5. The number of carbonyl (C=O) groups is 2. The van der Waals surface area contributed by atoms with Crippen LogP contribution in [-0.2, 0) is 14.3 Å². The summed E-state index contributed by atoms with van der Waals surface area (Å²) in [6.45, 7) is 9.75. The second-order valence-electron chi connectivity index (χ2n) is 8.55. The Bertz CT molecular complexity index is 834. The number of rotatable bonds is 3. The first-order valence-corrected chi connectivity index (χ1v) is 10.4. The van der Waals surface area contributed by atoms with E-state index >= 15 is 0 Å². The summed E-state index contributed by atoms with van der Waals surface area (Å²) in [5.41, 5.74) is 3.13. The topological polar surface area (TPSA) is 55.7 Å². The number of esters is 1. The van der Waals surface area contributed by atoms with Crippen LogP contribution in [0.3, 0.4) is 0 Å². The molecular weight excluding hydrogens is 453 g/mol. The molecule has 0 saturated carbocycles. The van der Waals surface area contributed by atoms with Crippen LogP contribution in [0.1, 0.15) is 58.9 Å². The molecule has 0 spiro atoms. The van der Waals surface area contributed by atoms with Crippen molar-refractivity contribution in [1.29, 1.82) is 0 Å². The molecular formula is C22H26INO3. The van der Waals surface area contributed by atoms with Crippen molar-refractivity contribution in [2.45, 2.75) is 59.5 Å². The summed E-state index contributed by atoms with van der Waals surface area (Å²) >= 11 is 2.26. The molecule has 0 fully saturated rings. The normalized spacial score (nSPS) is 24.6. The van der Waals surface area contributed by atoms with Crippen molar-refractivity contribution in [1.82, 2.24) is 0 Å².